The van der Waals surface area contributed by atoms with Gasteiger partial charge in [0.05, 0.1) is 225 Å². The Morgan fingerprint density at radius 1 is 0.277 bits per heavy atom. The molecular formula is C61H102N2O20. The van der Waals surface area contributed by atoms with Crippen LogP contribution in [-0.2, 0) is 86.1 Å². The number of anilines is 2. The summed E-state index contributed by atoms with van der Waals surface area (Å²) >= 11 is 0. The number of methoxy groups -OCH3 is 1. The maximum atomic E-state index is 8.84. The lowest BCUT2D eigenvalue weighted by molar-refractivity contribution is -0.00591. The molecule has 0 heterocycles. The van der Waals surface area contributed by atoms with Crippen LogP contribution in [0.5, 0.6) is 0 Å². The van der Waals surface area contributed by atoms with Crippen molar-refractivity contribution in [3.8, 4) is 0 Å². The van der Waals surface area contributed by atoms with E-state index in [9.17, 15) is 0 Å². The van der Waals surface area contributed by atoms with Crippen molar-refractivity contribution < 1.29 is 95.8 Å². The van der Waals surface area contributed by atoms with Crippen LogP contribution >= 0.6 is 0 Å². The average molecular weight is 1180 g/mol. The first-order valence-corrected chi connectivity index (χ1v) is 29.5. The highest BCUT2D eigenvalue weighted by Gasteiger charge is 2.37. The van der Waals surface area contributed by atoms with Crippen molar-refractivity contribution in [3.05, 3.63) is 95.6 Å². The summed E-state index contributed by atoms with van der Waals surface area (Å²) in [5.74, 6) is 0. The van der Waals surface area contributed by atoms with E-state index in [2.05, 4.69) is 77.4 Å². The molecular weight excluding hydrogens is 1080 g/mol. The van der Waals surface area contributed by atoms with Crippen molar-refractivity contribution in [1.29, 1.82) is 0 Å². The average Bonchev–Trinajstić information content (AvgIpc) is 3.63. The number of nitrogens with zero attached hydrogens (tertiary/aromatic N) is 2. The van der Waals surface area contributed by atoms with Crippen molar-refractivity contribution in [2.45, 2.75) is 18.9 Å². The molecule has 83 heavy (non-hydrogen) atoms. The zero-order chi connectivity index (χ0) is 59.0. The third kappa shape index (κ3) is 35.6. The van der Waals surface area contributed by atoms with Gasteiger partial charge in [-0.05, 0) is 47.4 Å². The molecule has 1 atom stereocenters. The molecule has 0 amide bonds. The Bertz CT molecular complexity index is 1660. The molecule has 0 saturated carbocycles. The molecule has 0 bridgehead atoms. The van der Waals surface area contributed by atoms with Gasteiger partial charge in [0.15, 0.2) is 0 Å². The molecule has 22 nitrogen and oxygen atoms in total. The standard InChI is InChI=1S/C61H102N2O20/c1-3-24-68-32-40-76-48-49-77-41-33-69-25-17-62(18-26-70-34-42-78-50-53-81-45-37-73-29-21-64)59-13-9-57(10-14-59)61(67-2,56-7-5-4-6-8-56)58-11-15-60(16-12-58)63(19-27-71-35-43-79-51-54-82-46-38-74-30-22-65)20-28-72-36-44-80-52-55-83-47-39-75-31-23-66/h4-16,64-66H,3,17-55H2,1-2H3. The fourth-order valence-electron chi connectivity index (χ4n) is 8.16. The minimum absolute atomic E-state index is 0.00556. The van der Waals surface area contributed by atoms with Crippen molar-refractivity contribution >= 4 is 11.4 Å². The van der Waals surface area contributed by atoms with E-state index in [-0.39, 0.29) is 19.8 Å². The topological polar surface area (TPSA) is 224 Å². The van der Waals surface area contributed by atoms with Gasteiger partial charge in [-0.2, -0.15) is 0 Å². The second-order valence-electron chi connectivity index (χ2n) is 18.3. The summed E-state index contributed by atoms with van der Waals surface area (Å²) in [6.07, 6.45) is 0.990. The smallest absolute Gasteiger partial charge is 0.143 e. The molecule has 0 spiro atoms. The van der Waals surface area contributed by atoms with Crippen LogP contribution in [0.2, 0.25) is 0 Å². The lowest BCUT2D eigenvalue weighted by atomic mass is 9.80. The lowest BCUT2D eigenvalue weighted by Crippen LogP contribution is -2.34. The maximum Gasteiger partial charge on any atom is 0.143 e. The van der Waals surface area contributed by atoms with E-state index >= 15 is 0 Å². The van der Waals surface area contributed by atoms with E-state index in [0.717, 1.165) is 41.1 Å². The first-order valence-electron chi connectivity index (χ1n) is 29.5. The van der Waals surface area contributed by atoms with Gasteiger partial charge in [-0.15, -0.1) is 0 Å². The van der Waals surface area contributed by atoms with Crippen molar-refractivity contribution in [3.63, 3.8) is 0 Å². The highest BCUT2D eigenvalue weighted by atomic mass is 16.6. The Hall–Kier alpha value is -3.54. The number of ether oxygens (including phenoxy) is 17. The molecule has 3 aromatic rings. The third-order valence-electron chi connectivity index (χ3n) is 12.3. The van der Waals surface area contributed by atoms with E-state index in [0.29, 0.717) is 231 Å². The van der Waals surface area contributed by atoms with Crippen molar-refractivity contribution in [2.24, 2.45) is 0 Å². The Morgan fingerprint density at radius 2 is 0.494 bits per heavy atom. The summed E-state index contributed by atoms with van der Waals surface area (Å²) in [7, 11) is 1.75. The molecule has 3 rings (SSSR count). The maximum absolute atomic E-state index is 8.84. The molecule has 0 aliphatic carbocycles. The molecule has 22 heteroatoms. The highest BCUT2D eigenvalue weighted by molar-refractivity contribution is 5.56. The molecule has 0 aliphatic heterocycles. The minimum atomic E-state index is -0.948. The molecule has 1 unspecified atom stereocenters. The molecule has 0 aliphatic rings. The van der Waals surface area contributed by atoms with Crippen LogP contribution in [0.1, 0.15) is 30.0 Å². The summed E-state index contributed by atoms with van der Waals surface area (Å²) in [6.45, 7) is 19.1. The van der Waals surface area contributed by atoms with Crippen LogP contribution in [0.4, 0.5) is 11.4 Å². The molecule has 3 aromatic carbocycles. The summed E-state index contributed by atoms with van der Waals surface area (Å²) < 4.78 is 96.9. The molecule has 0 aromatic heterocycles. The normalized spacial score (nSPS) is 12.3. The largest absolute Gasteiger partial charge is 0.394 e. The van der Waals surface area contributed by atoms with E-state index in [1.807, 2.05) is 18.2 Å². The molecule has 0 fully saturated rings. The van der Waals surface area contributed by atoms with Gasteiger partial charge >= 0.3 is 0 Å². The number of aliphatic hydroxyl groups excluding tert-OH is 3. The van der Waals surface area contributed by atoms with Crippen LogP contribution in [0.3, 0.4) is 0 Å². The van der Waals surface area contributed by atoms with Crippen molar-refractivity contribution in [2.75, 3.05) is 274 Å². The predicted molar refractivity (Wildman–Crippen MR) is 315 cm³/mol. The molecule has 0 saturated heterocycles. The fourth-order valence-corrected chi connectivity index (χ4v) is 8.16. The van der Waals surface area contributed by atoms with Crippen molar-refractivity contribution in [1.82, 2.24) is 0 Å². The van der Waals surface area contributed by atoms with Crippen LogP contribution in [0.25, 0.3) is 0 Å². The number of hydrogen-bond acceptors (Lipinski definition) is 22. The second-order valence-corrected chi connectivity index (χ2v) is 18.3. The SMILES string of the molecule is CCCOCCOCCOCCOCCN(CCOCCOCCOCCOCCO)c1ccc(C(OC)(c2ccccc2)c2ccc(N(CCOCCOCCOCCOCCO)CCOCCOCCOCCOCCO)cc2)cc1. The van der Waals surface area contributed by atoms with E-state index in [1.54, 1.807) is 7.11 Å². The van der Waals surface area contributed by atoms with Crippen LogP contribution in [-0.4, -0.2) is 280 Å². The second kappa shape index (κ2) is 53.9. The van der Waals surface area contributed by atoms with Gasteiger partial charge in [0.2, 0.25) is 0 Å². The summed E-state index contributed by atoms with van der Waals surface area (Å²) in [4.78, 5) is 4.51. The van der Waals surface area contributed by atoms with Gasteiger partial charge in [-0.25, -0.2) is 0 Å². The molecule has 3 N–H and O–H groups in total. The predicted octanol–water partition coefficient (Wildman–Crippen LogP) is 3.89. The van der Waals surface area contributed by atoms with Gasteiger partial charge in [0.25, 0.3) is 0 Å². The Kier molecular flexibility index (Phi) is 47.9. The number of hydrogen-bond donors (Lipinski definition) is 3. The zero-order valence-electron chi connectivity index (χ0n) is 50.0. The van der Waals surface area contributed by atoms with Gasteiger partial charge in [-0.3, -0.25) is 0 Å². The van der Waals surface area contributed by atoms with Crippen LogP contribution in [0, 0.1) is 0 Å². The van der Waals surface area contributed by atoms with Gasteiger partial charge < -0.3 is 106 Å². The van der Waals surface area contributed by atoms with Gasteiger partial charge in [0.1, 0.15) is 5.60 Å². The van der Waals surface area contributed by atoms with Gasteiger partial charge in [0, 0.05) is 51.3 Å². The van der Waals surface area contributed by atoms with Crippen LogP contribution < -0.4 is 9.80 Å². The summed E-state index contributed by atoms with van der Waals surface area (Å²) in [5.41, 5.74) is 3.97. The van der Waals surface area contributed by atoms with Crippen LogP contribution in [0.15, 0.2) is 78.9 Å². The first kappa shape index (κ1) is 73.7. The summed E-state index contributed by atoms with van der Waals surface area (Å²) in [6, 6.07) is 27.3. The highest BCUT2D eigenvalue weighted by Crippen LogP contribution is 2.41. The number of benzene rings is 3. The number of aliphatic hydroxyl groups is 3. The van der Waals surface area contributed by atoms with E-state index in [1.165, 1.54) is 0 Å². The minimum Gasteiger partial charge on any atom is -0.394 e. The summed E-state index contributed by atoms with van der Waals surface area (Å²) in [5, 5.41) is 26.5. The molecule has 476 valence electrons. The van der Waals surface area contributed by atoms with E-state index < -0.39 is 5.60 Å². The quantitative estimate of drug-likeness (QED) is 0.0539. The zero-order valence-corrected chi connectivity index (χ0v) is 50.0. The third-order valence-corrected chi connectivity index (χ3v) is 12.3. The van der Waals surface area contributed by atoms with Gasteiger partial charge in [-0.1, -0.05) is 61.5 Å². The fraction of sp³-hybridized carbons (Fsp3) is 0.705. The van der Waals surface area contributed by atoms with E-state index in [4.69, 9.17) is 95.8 Å². The Morgan fingerprint density at radius 3 is 0.723 bits per heavy atom. The Labute approximate surface area is 494 Å². The lowest BCUT2D eigenvalue weighted by Gasteiger charge is -2.35. The monoisotopic (exact) mass is 1180 g/mol. The Balaban J connectivity index is 1.69. The first-order chi connectivity index (χ1) is 41.1. The number of rotatable bonds is 62. The molecule has 0 radical (unpaired) electrons.